The fourth-order valence-corrected chi connectivity index (χ4v) is 4.09. The van der Waals surface area contributed by atoms with Gasteiger partial charge in [-0.05, 0) is 52.9 Å². The Hall–Kier alpha value is -1.20. The van der Waals surface area contributed by atoms with Gasteiger partial charge in [-0.25, -0.2) is 4.79 Å². The molecule has 22 heavy (non-hydrogen) atoms. The van der Waals surface area contributed by atoms with Gasteiger partial charge in [-0.3, -0.25) is 4.90 Å². The maximum atomic E-state index is 13.0. The number of carbonyl (C=O) groups is 1. The summed E-state index contributed by atoms with van der Waals surface area (Å²) in [6.45, 7) is 5.90. The van der Waals surface area contributed by atoms with Gasteiger partial charge < -0.3 is 4.74 Å². The molecule has 1 heterocycles. The number of carbonyl (C=O) groups excluding carboxylic acids is 1. The van der Waals surface area contributed by atoms with Crippen LogP contribution in [-0.4, -0.2) is 29.3 Å². The van der Waals surface area contributed by atoms with Crippen LogP contribution in [0.3, 0.4) is 0 Å². The fraction of sp³-hybridized carbons (Fsp3) is 0.812. The summed E-state index contributed by atoms with van der Waals surface area (Å²) in [6, 6.07) is 0. The molecule has 1 amide bonds. The zero-order valence-electron chi connectivity index (χ0n) is 13.2. The maximum Gasteiger partial charge on any atom is 0.414 e. The molecule has 3 aliphatic carbocycles. The van der Waals surface area contributed by atoms with E-state index in [-0.39, 0.29) is 19.3 Å². The van der Waals surface area contributed by atoms with E-state index in [2.05, 4.69) is 0 Å². The Morgan fingerprint density at radius 2 is 1.82 bits per heavy atom. The second-order valence-corrected chi connectivity index (χ2v) is 7.95. The van der Waals surface area contributed by atoms with Crippen LogP contribution in [0.4, 0.5) is 18.0 Å². The molecular weight excluding hydrogens is 295 g/mol. The number of alkyl halides is 3. The first-order valence-electron chi connectivity index (χ1n) is 7.76. The highest BCUT2D eigenvalue weighted by molar-refractivity contribution is 5.71. The van der Waals surface area contributed by atoms with Crippen LogP contribution in [0.25, 0.3) is 0 Å². The lowest BCUT2D eigenvalue weighted by Gasteiger charge is -2.72. The van der Waals surface area contributed by atoms with Gasteiger partial charge in [-0.2, -0.15) is 13.2 Å². The van der Waals surface area contributed by atoms with E-state index in [0.29, 0.717) is 6.54 Å². The Balaban J connectivity index is 1.74. The van der Waals surface area contributed by atoms with Crippen LogP contribution in [0.15, 0.2) is 11.8 Å². The second-order valence-electron chi connectivity index (χ2n) is 7.95. The smallest absolute Gasteiger partial charge is 0.414 e. The summed E-state index contributed by atoms with van der Waals surface area (Å²) in [7, 11) is 0. The van der Waals surface area contributed by atoms with Gasteiger partial charge in [0.05, 0.1) is 5.41 Å². The number of rotatable bonds is 1. The average Bonchev–Trinajstić information content (AvgIpc) is 2.21. The topological polar surface area (TPSA) is 29.5 Å². The van der Waals surface area contributed by atoms with E-state index in [4.69, 9.17) is 4.74 Å². The highest BCUT2D eigenvalue weighted by Crippen LogP contribution is 2.81. The van der Waals surface area contributed by atoms with Gasteiger partial charge in [0.25, 0.3) is 0 Å². The molecule has 0 atom stereocenters. The van der Waals surface area contributed by atoms with Gasteiger partial charge in [0, 0.05) is 17.7 Å². The highest BCUT2D eigenvalue weighted by atomic mass is 19.4. The van der Waals surface area contributed by atoms with Crippen molar-refractivity contribution >= 4 is 6.09 Å². The highest BCUT2D eigenvalue weighted by Gasteiger charge is 2.79. The Labute approximate surface area is 128 Å². The molecule has 4 rings (SSSR count). The molecule has 3 nitrogen and oxygen atoms in total. The van der Waals surface area contributed by atoms with Crippen molar-refractivity contribution in [1.29, 1.82) is 0 Å². The molecular formula is C16H22F3NO2. The number of hydrogen-bond donors (Lipinski definition) is 0. The summed E-state index contributed by atoms with van der Waals surface area (Å²) in [5.41, 5.74) is -1.79. The van der Waals surface area contributed by atoms with E-state index in [1.165, 1.54) is 0 Å². The minimum atomic E-state index is -4.12. The maximum absolute atomic E-state index is 13.0. The zero-order chi connectivity index (χ0) is 16.4. The second kappa shape index (κ2) is 4.42. The third-order valence-electron chi connectivity index (χ3n) is 5.00. The summed E-state index contributed by atoms with van der Waals surface area (Å²) in [5.74, 6) is 0. The molecule has 124 valence electrons. The van der Waals surface area contributed by atoms with Gasteiger partial charge in [-0.1, -0.05) is 6.08 Å². The molecule has 4 aliphatic rings. The minimum Gasteiger partial charge on any atom is -0.443 e. The molecule has 0 aromatic heterocycles. The third-order valence-corrected chi connectivity index (χ3v) is 5.00. The molecule has 6 heteroatoms. The van der Waals surface area contributed by atoms with Crippen molar-refractivity contribution in [3.63, 3.8) is 0 Å². The van der Waals surface area contributed by atoms with Crippen LogP contribution in [0.5, 0.6) is 0 Å². The normalized spacial score (nSPS) is 34.5. The van der Waals surface area contributed by atoms with Crippen molar-refractivity contribution in [3.05, 3.63) is 11.8 Å². The van der Waals surface area contributed by atoms with E-state index in [1.807, 2.05) is 6.08 Å². The number of hydrogen-bond acceptors (Lipinski definition) is 2. The lowest BCUT2D eigenvalue weighted by molar-refractivity contribution is -0.355. The van der Waals surface area contributed by atoms with Crippen LogP contribution >= 0.6 is 0 Å². The SMILES string of the molecule is CC(C)(C)OC(=O)N1CCCC=C1C12CC(C(F)(F)F)(C1)C2. The molecule has 0 radical (unpaired) electrons. The largest absolute Gasteiger partial charge is 0.443 e. The summed E-state index contributed by atoms with van der Waals surface area (Å²) >= 11 is 0. The number of allylic oxidation sites excluding steroid dienone is 2. The molecule has 1 aliphatic heterocycles. The van der Waals surface area contributed by atoms with Gasteiger partial charge in [0.15, 0.2) is 0 Å². The molecule has 3 saturated carbocycles. The van der Waals surface area contributed by atoms with E-state index in [0.717, 1.165) is 18.5 Å². The van der Waals surface area contributed by atoms with Crippen LogP contribution < -0.4 is 0 Å². The number of amides is 1. The monoisotopic (exact) mass is 317 g/mol. The molecule has 0 unspecified atom stereocenters. The zero-order valence-corrected chi connectivity index (χ0v) is 13.2. The van der Waals surface area contributed by atoms with Crippen molar-refractivity contribution in [3.8, 4) is 0 Å². The van der Waals surface area contributed by atoms with Crippen LogP contribution in [0.2, 0.25) is 0 Å². The predicted molar refractivity (Wildman–Crippen MR) is 75.0 cm³/mol. The number of nitrogens with zero attached hydrogens (tertiary/aromatic N) is 1. The van der Waals surface area contributed by atoms with Crippen molar-refractivity contribution in [1.82, 2.24) is 4.90 Å². The van der Waals surface area contributed by atoms with Gasteiger partial charge in [0.2, 0.25) is 0 Å². The average molecular weight is 317 g/mol. The fourth-order valence-electron chi connectivity index (χ4n) is 4.09. The molecule has 0 aromatic carbocycles. The van der Waals surface area contributed by atoms with Crippen LogP contribution in [0.1, 0.15) is 52.9 Å². The first-order chi connectivity index (χ1) is 9.98. The molecule has 0 spiro atoms. The lowest BCUT2D eigenvalue weighted by Crippen LogP contribution is -2.70. The van der Waals surface area contributed by atoms with Gasteiger partial charge >= 0.3 is 12.3 Å². The third kappa shape index (κ3) is 2.22. The van der Waals surface area contributed by atoms with Crippen molar-refractivity contribution in [2.24, 2.45) is 10.8 Å². The number of ether oxygens (including phenoxy) is 1. The molecule has 2 bridgehead atoms. The van der Waals surface area contributed by atoms with Gasteiger partial charge in [0.1, 0.15) is 5.60 Å². The van der Waals surface area contributed by atoms with Crippen molar-refractivity contribution in [2.45, 2.75) is 64.7 Å². The summed E-state index contributed by atoms with van der Waals surface area (Å²) in [4.78, 5) is 13.9. The van der Waals surface area contributed by atoms with Crippen LogP contribution in [0, 0.1) is 10.8 Å². The van der Waals surface area contributed by atoms with Gasteiger partial charge in [-0.15, -0.1) is 0 Å². The van der Waals surface area contributed by atoms with Crippen molar-refractivity contribution in [2.75, 3.05) is 6.54 Å². The van der Waals surface area contributed by atoms with E-state index >= 15 is 0 Å². The molecule has 0 aromatic rings. The Morgan fingerprint density at radius 3 is 2.32 bits per heavy atom. The quantitative estimate of drug-likeness (QED) is 0.705. The van der Waals surface area contributed by atoms with Crippen molar-refractivity contribution < 1.29 is 22.7 Å². The first-order valence-corrected chi connectivity index (χ1v) is 7.76. The minimum absolute atomic E-state index is 0.120. The predicted octanol–water partition coefficient (Wildman–Crippen LogP) is 4.63. The summed E-state index contributed by atoms with van der Waals surface area (Å²) in [6.07, 6.45) is -0.631. The Bertz CT molecular complexity index is 511. The Kier molecular flexibility index (Phi) is 3.15. The van der Waals surface area contributed by atoms with Crippen LogP contribution in [-0.2, 0) is 4.74 Å². The molecule has 3 fully saturated rings. The van der Waals surface area contributed by atoms with E-state index in [1.54, 1.807) is 25.7 Å². The lowest BCUT2D eigenvalue weighted by atomic mass is 9.33. The summed E-state index contributed by atoms with van der Waals surface area (Å²) in [5, 5.41) is 0. The first kappa shape index (κ1) is 15.7. The molecule has 0 saturated heterocycles. The summed E-state index contributed by atoms with van der Waals surface area (Å²) < 4.78 is 44.4. The number of halogens is 3. The molecule has 0 N–H and O–H groups in total. The van der Waals surface area contributed by atoms with E-state index < -0.39 is 28.7 Å². The Morgan fingerprint density at radius 1 is 1.23 bits per heavy atom. The standard InChI is InChI=1S/C16H22F3NO2/c1-13(2,3)22-12(21)20-7-5-4-6-11(20)14-8-15(9-14,10-14)16(17,18)19/h6H,4-5,7-10H2,1-3H3. The van der Waals surface area contributed by atoms with E-state index in [9.17, 15) is 18.0 Å².